The summed E-state index contributed by atoms with van der Waals surface area (Å²) in [6.45, 7) is 8.63. The fraction of sp³-hybridized carbons (Fsp3) is 0.458. The van der Waals surface area contributed by atoms with E-state index in [9.17, 15) is 13.2 Å². The lowest BCUT2D eigenvalue weighted by Gasteiger charge is -2.20. The van der Waals surface area contributed by atoms with Crippen LogP contribution in [0.3, 0.4) is 0 Å². The summed E-state index contributed by atoms with van der Waals surface area (Å²) in [6.07, 6.45) is 1.81. The zero-order chi connectivity index (χ0) is 22.6. The van der Waals surface area contributed by atoms with Crippen LogP contribution in [0.25, 0.3) is 0 Å². The number of likely N-dealkylation sites (N-methyl/N-ethyl adjacent to an activating group) is 1. The molecule has 1 saturated heterocycles. The fourth-order valence-corrected chi connectivity index (χ4v) is 5.23. The molecule has 31 heavy (non-hydrogen) atoms. The third-order valence-corrected chi connectivity index (χ3v) is 7.44. The number of hydrogen-bond acceptors (Lipinski definition) is 4. The van der Waals surface area contributed by atoms with Crippen molar-refractivity contribution in [1.29, 1.82) is 0 Å². The van der Waals surface area contributed by atoms with E-state index < -0.39 is 10.0 Å². The highest BCUT2D eigenvalue weighted by Crippen LogP contribution is 2.23. The maximum atomic E-state index is 12.6. The van der Waals surface area contributed by atoms with Gasteiger partial charge in [-0.2, -0.15) is 4.31 Å². The number of carbonyl (C=O) groups excluding carboxylic acids is 1. The summed E-state index contributed by atoms with van der Waals surface area (Å²) in [4.78, 5) is 14.6. The number of rotatable bonds is 7. The standard InChI is InChI=1S/C24H33N3O3S/c1-24(2,3)20-9-7-19(8-10-20)17-26(4)18-23(28)25-21-11-13-22(14-12-21)31(29,30)27-15-5-6-16-27/h7-14H,5-6,15-18H2,1-4H3,(H,25,28). The van der Waals surface area contributed by atoms with Crippen molar-refractivity contribution in [2.45, 2.75) is 50.5 Å². The van der Waals surface area contributed by atoms with Gasteiger partial charge in [-0.15, -0.1) is 0 Å². The minimum Gasteiger partial charge on any atom is -0.325 e. The Morgan fingerprint density at radius 2 is 1.58 bits per heavy atom. The number of carbonyl (C=O) groups is 1. The van der Waals surface area contributed by atoms with Crippen molar-refractivity contribution in [1.82, 2.24) is 9.21 Å². The van der Waals surface area contributed by atoms with Crippen LogP contribution in [0.1, 0.15) is 44.7 Å². The van der Waals surface area contributed by atoms with Gasteiger partial charge in [0.25, 0.3) is 0 Å². The normalized spacial score (nSPS) is 15.4. The molecule has 0 atom stereocenters. The molecular formula is C24H33N3O3S. The van der Waals surface area contributed by atoms with Crippen LogP contribution in [0.15, 0.2) is 53.4 Å². The number of nitrogens with zero attached hydrogens (tertiary/aromatic N) is 2. The van der Waals surface area contributed by atoms with Crippen LogP contribution >= 0.6 is 0 Å². The van der Waals surface area contributed by atoms with Crippen LogP contribution in [-0.4, -0.2) is 50.2 Å². The Bertz CT molecular complexity index is 988. The maximum Gasteiger partial charge on any atom is 0.243 e. The van der Waals surface area contributed by atoms with Crippen LogP contribution in [0.5, 0.6) is 0 Å². The van der Waals surface area contributed by atoms with Gasteiger partial charge >= 0.3 is 0 Å². The van der Waals surface area contributed by atoms with E-state index in [1.165, 1.54) is 9.87 Å². The van der Waals surface area contributed by atoms with Crippen molar-refractivity contribution in [2.75, 3.05) is 32.0 Å². The highest BCUT2D eigenvalue weighted by molar-refractivity contribution is 7.89. The van der Waals surface area contributed by atoms with Crippen LogP contribution in [-0.2, 0) is 26.8 Å². The second kappa shape index (κ2) is 9.51. The summed E-state index contributed by atoms with van der Waals surface area (Å²) in [5.74, 6) is -0.135. The molecule has 0 bridgehead atoms. The SMILES string of the molecule is CN(CC(=O)Nc1ccc(S(=O)(=O)N2CCCC2)cc1)Cc1ccc(C(C)(C)C)cc1. The van der Waals surface area contributed by atoms with Gasteiger partial charge < -0.3 is 5.32 Å². The molecule has 0 spiro atoms. The summed E-state index contributed by atoms with van der Waals surface area (Å²) < 4.78 is 26.7. The molecule has 0 saturated carbocycles. The molecule has 1 N–H and O–H groups in total. The Balaban J connectivity index is 1.53. The number of benzene rings is 2. The molecule has 1 heterocycles. The Kier molecular flexibility index (Phi) is 7.19. The maximum absolute atomic E-state index is 12.6. The van der Waals surface area contributed by atoms with Gasteiger partial charge in [0.15, 0.2) is 0 Å². The lowest BCUT2D eigenvalue weighted by atomic mass is 9.87. The molecule has 2 aromatic rings. The van der Waals surface area contributed by atoms with Crippen LogP contribution in [0.2, 0.25) is 0 Å². The first kappa shape index (κ1) is 23.4. The summed E-state index contributed by atoms with van der Waals surface area (Å²) in [5, 5.41) is 2.85. The van der Waals surface area contributed by atoms with E-state index in [0.717, 1.165) is 18.4 Å². The van der Waals surface area contributed by atoms with Crippen molar-refractivity contribution < 1.29 is 13.2 Å². The van der Waals surface area contributed by atoms with Gasteiger partial charge in [0.2, 0.25) is 15.9 Å². The van der Waals surface area contributed by atoms with E-state index in [4.69, 9.17) is 0 Å². The van der Waals surface area contributed by atoms with E-state index in [-0.39, 0.29) is 22.8 Å². The second-order valence-electron chi connectivity index (χ2n) is 9.30. The van der Waals surface area contributed by atoms with Crippen LogP contribution < -0.4 is 5.32 Å². The van der Waals surface area contributed by atoms with E-state index in [2.05, 4.69) is 50.4 Å². The van der Waals surface area contributed by atoms with Crippen molar-refractivity contribution >= 4 is 21.6 Å². The third kappa shape index (κ3) is 6.15. The first-order chi connectivity index (χ1) is 14.6. The lowest BCUT2D eigenvalue weighted by Crippen LogP contribution is -2.30. The van der Waals surface area contributed by atoms with Crippen molar-refractivity contribution in [3.63, 3.8) is 0 Å². The first-order valence-electron chi connectivity index (χ1n) is 10.7. The number of sulfonamides is 1. The summed E-state index contributed by atoms with van der Waals surface area (Å²) in [5.41, 5.74) is 3.15. The minimum atomic E-state index is -3.44. The quantitative estimate of drug-likeness (QED) is 0.706. The van der Waals surface area contributed by atoms with Gasteiger partial charge in [0.05, 0.1) is 11.4 Å². The van der Waals surface area contributed by atoms with Gasteiger partial charge in [-0.05, 0) is 60.7 Å². The molecule has 0 aromatic heterocycles. The second-order valence-corrected chi connectivity index (χ2v) is 11.2. The third-order valence-electron chi connectivity index (χ3n) is 5.53. The van der Waals surface area contributed by atoms with Gasteiger partial charge in [0.1, 0.15) is 0 Å². The summed E-state index contributed by atoms with van der Waals surface area (Å²) in [7, 11) is -1.53. The Morgan fingerprint density at radius 1 is 1.00 bits per heavy atom. The number of nitrogens with one attached hydrogen (secondary N) is 1. The largest absolute Gasteiger partial charge is 0.325 e. The predicted molar refractivity (Wildman–Crippen MR) is 125 cm³/mol. The van der Waals surface area contributed by atoms with Crippen LogP contribution in [0, 0.1) is 0 Å². The van der Waals surface area contributed by atoms with Gasteiger partial charge in [-0.3, -0.25) is 9.69 Å². The molecule has 1 aliphatic rings. The summed E-state index contributed by atoms with van der Waals surface area (Å²) in [6, 6.07) is 14.9. The van der Waals surface area contributed by atoms with Crippen molar-refractivity contribution in [3.05, 3.63) is 59.7 Å². The van der Waals surface area contributed by atoms with Crippen molar-refractivity contribution in [2.24, 2.45) is 0 Å². The molecule has 2 aromatic carbocycles. The van der Waals surface area contributed by atoms with E-state index in [1.807, 2.05) is 11.9 Å². The van der Waals surface area contributed by atoms with E-state index in [1.54, 1.807) is 24.3 Å². The zero-order valence-corrected chi connectivity index (χ0v) is 19.7. The average molecular weight is 444 g/mol. The molecule has 1 fully saturated rings. The molecule has 1 aliphatic heterocycles. The molecule has 6 nitrogen and oxygen atoms in total. The molecule has 0 aliphatic carbocycles. The van der Waals surface area contributed by atoms with Gasteiger partial charge in [-0.1, -0.05) is 45.0 Å². The van der Waals surface area contributed by atoms with Gasteiger partial charge in [-0.25, -0.2) is 8.42 Å². The lowest BCUT2D eigenvalue weighted by molar-refractivity contribution is -0.117. The Hall–Kier alpha value is -2.22. The molecule has 0 radical (unpaired) electrons. The summed E-state index contributed by atoms with van der Waals surface area (Å²) >= 11 is 0. The average Bonchev–Trinajstić information content (AvgIpc) is 3.23. The predicted octanol–water partition coefficient (Wildman–Crippen LogP) is 3.84. The van der Waals surface area contributed by atoms with Gasteiger partial charge in [0, 0.05) is 25.3 Å². The Morgan fingerprint density at radius 3 is 2.13 bits per heavy atom. The fourth-order valence-electron chi connectivity index (χ4n) is 3.71. The van der Waals surface area contributed by atoms with E-state index in [0.29, 0.717) is 25.3 Å². The Labute approximate surface area is 186 Å². The number of anilines is 1. The molecule has 168 valence electrons. The molecular weight excluding hydrogens is 410 g/mol. The van der Waals surface area contributed by atoms with E-state index >= 15 is 0 Å². The van der Waals surface area contributed by atoms with Crippen LogP contribution in [0.4, 0.5) is 5.69 Å². The molecule has 3 rings (SSSR count). The number of hydrogen-bond donors (Lipinski definition) is 1. The first-order valence-corrected chi connectivity index (χ1v) is 12.2. The molecule has 0 unspecified atom stereocenters. The topological polar surface area (TPSA) is 69.7 Å². The smallest absolute Gasteiger partial charge is 0.243 e. The number of amides is 1. The minimum absolute atomic E-state index is 0.119. The molecule has 7 heteroatoms. The highest BCUT2D eigenvalue weighted by atomic mass is 32.2. The monoisotopic (exact) mass is 443 g/mol. The zero-order valence-electron chi connectivity index (χ0n) is 18.9. The highest BCUT2D eigenvalue weighted by Gasteiger charge is 2.27. The van der Waals surface area contributed by atoms with Crippen molar-refractivity contribution in [3.8, 4) is 0 Å². The molecule has 1 amide bonds.